The second-order valence-electron chi connectivity index (χ2n) is 5.52. The molecule has 2 rings (SSSR count). The van der Waals surface area contributed by atoms with Gasteiger partial charge in [0, 0.05) is 6.61 Å². The fourth-order valence-corrected chi connectivity index (χ4v) is 2.39. The van der Waals surface area contributed by atoms with Gasteiger partial charge in [-0.25, -0.2) is 0 Å². The number of nitrogens with zero attached hydrogens (tertiary/aromatic N) is 2. The molecule has 0 amide bonds. The Labute approximate surface area is 118 Å². The van der Waals surface area contributed by atoms with Crippen LogP contribution in [0.15, 0.2) is 4.52 Å². The first kappa shape index (κ1) is 15.0. The van der Waals surface area contributed by atoms with E-state index in [4.69, 9.17) is 14.0 Å². The van der Waals surface area contributed by atoms with Crippen LogP contribution in [0, 0.1) is 0 Å². The lowest BCUT2D eigenvalue weighted by Crippen LogP contribution is -2.44. The molecule has 0 radical (unpaired) electrons. The van der Waals surface area contributed by atoms with Crippen molar-refractivity contribution in [2.45, 2.75) is 58.0 Å². The van der Waals surface area contributed by atoms with Crippen molar-refractivity contribution in [2.75, 3.05) is 13.2 Å². The fraction of sp³-hybridized carbons (Fsp3) is 0.786. The summed E-state index contributed by atoms with van der Waals surface area (Å²) in [4.78, 5) is 16.5. The van der Waals surface area contributed by atoms with Crippen LogP contribution < -0.4 is 0 Å². The zero-order valence-corrected chi connectivity index (χ0v) is 12.6. The van der Waals surface area contributed by atoms with Crippen LogP contribution in [-0.2, 0) is 25.3 Å². The zero-order valence-electron chi connectivity index (χ0n) is 12.6. The van der Waals surface area contributed by atoms with Crippen molar-refractivity contribution in [1.82, 2.24) is 10.1 Å². The van der Waals surface area contributed by atoms with Crippen LogP contribution in [0.1, 0.15) is 58.7 Å². The first-order valence-corrected chi connectivity index (χ1v) is 7.12. The number of carbonyl (C=O) groups excluding carboxylic acids is 1. The molecule has 0 bridgehead atoms. The molecule has 1 fully saturated rings. The van der Waals surface area contributed by atoms with Gasteiger partial charge in [0.2, 0.25) is 11.7 Å². The molecule has 0 aliphatic heterocycles. The normalized spacial score (nSPS) is 17.6. The third kappa shape index (κ3) is 2.44. The lowest BCUT2D eigenvalue weighted by atomic mass is 9.68. The molecule has 1 saturated carbocycles. The van der Waals surface area contributed by atoms with Crippen LogP contribution >= 0.6 is 0 Å². The maximum Gasteiger partial charge on any atom is 0.321 e. The first-order valence-electron chi connectivity index (χ1n) is 7.12. The largest absolute Gasteiger partial charge is 0.465 e. The lowest BCUT2D eigenvalue weighted by Gasteiger charge is -2.35. The molecule has 0 N–H and O–H groups in total. The standard InChI is InChI=1S/C14H22N2O4/c1-5-18-12(17)14(8-7-9-14)11-15-10(16-20-11)13(3,4)19-6-2/h5-9H2,1-4H3. The van der Waals surface area contributed by atoms with Crippen molar-refractivity contribution in [3.63, 3.8) is 0 Å². The van der Waals surface area contributed by atoms with Gasteiger partial charge in [0.05, 0.1) is 6.61 Å². The topological polar surface area (TPSA) is 74.5 Å². The van der Waals surface area contributed by atoms with E-state index in [1.807, 2.05) is 20.8 Å². The number of aromatic nitrogens is 2. The SMILES string of the molecule is CCOC(=O)C1(c2nc(C(C)(C)OCC)no2)CCC1. The summed E-state index contributed by atoms with van der Waals surface area (Å²) in [6, 6.07) is 0. The van der Waals surface area contributed by atoms with Crippen LogP contribution in [0.25, 0.3) is 0 Å². The summed E-state index contributed by atoms with van der Waals surface area (Å²) in [5, 5.41) is 3.98. The summed E-state index contributed by atoms with van der Waals surface area (Å²) in [6.07, 6.45) is 2.36. The van der Waals surface area contributed by atoms with Gasteiger partial charge in [-0.15, -0.1) is 0 Å². The predicted octanol–water partition coefficient (Wildman–Crippen LogP) is 2.33. The molecule has 0 unspecified atom stereocenters. The van der Waals surface area contributed by atoms with E-state index in [2.05, 4.69) is 10.1 Å². The number of hydrogen-bond donors (Lipinski definition) is 0. The summed E-state index contributed by atoms with van der Waals surface area (Å²) >= 11 is 0. The highest BCUT2D eigenvalue weighted by Gasteiger charge is 2.52. The van der Waals surface area contributed by atoms with Crippen molar-refractivity contribution >= 4 is 5.97 Å². The summed E-state index contributed by atoms with van der Waals surface area (Å²) in [7, 11) is 0. The summed E-state index contributed by atoms with van der Waals surface area (Å²) in [5.41, 5.74) is -1.38. The highest BCUT2D eigenvalue weighted by Crippen LogP contribution is 2.44. The Morgan fingerprint density at radius 2 is 2.05 bits per heavy atom. The van der Waals surface area contributed by atoms with Crippen LogP contribution in [0.4, 0.5) is 0 Å². The molecule has 112 valence electrons. The van der Waals surface area contributed by atoms with E-state index in [0.29, 0.717) is 37.8 Å². The van der Waals surface area contributed by atoms with Crippen LogP contribution in [-0.4, -0.2) is 29.3 Å². The van der Waals surface area contributed by atoms with E-state index in [0.717, 1.165) is 6.42 Å². The lowest BCUT2D eigenvalue weighted by molar-refractivity contribution is -0.155. The number of ether oxygens (including phenoxy) is 2. The molecular formula is C14H22N2O4. The quantitative estimate of drug-likeness (QED) is 0.745. The van der Waals surface area contributed by atoms with Gasteiger partial charge in [-0.05, 0) is 40.5 Å². The maximum absolute atomic E-state index is 12.2. The predicted molar refractivity (Wildman–Crippen MR) is 71.1 cm³/mol. The minimum absolute atomic E-state index is 0.268. The third-order valence-electron chi connectivity index (χ3n) is 3.75. The molecule has 1 aliphatic carbocycles. The molecule has 6 heteroatoms. The molecule has 1 aromatic heterocycles. The van der Waals surface area contributed by atoms with Crippen LogP contribution in [0.2, 0.25) is 0 Å². The molecule has 6 nitrogen and oxygen atoms in total. The van der Waals surface area contributed by atoms with Crippen LogP contribution in [0.3, 0.4) is 0 Å². The molecule has 20 heavy (non-hydrogen) atoms. The number of carbonyl (C=O) groups is 1. The van der Waals surface area contributed by atoms with E-state index in [9.17, 15) is 4.79 Å². The summed E-state index contributed by atoms with van der Waals surface area (Å²) < 4.78 is 16.1. The molecule has 1 aromatic rings. The molecule has 1 heterocycles. The molecule has 0 spiro atoms. The van der Waals surface area contributed by atoms with Gasteiger partial charge in [0.1, 0.15) is 11.0 Å². The molecule has 0 saturated heterocycles. The fourth-order valence-electron chi connectivity index (χ4n) is 2.39. The van der Waals surface area contributed by atoms with Gasteiger partial charge in [0.25, 0.3) is 0 Å². The van der Waals surface area contributed by atoms with Crippen molar-refractivity contribution in [2.24, 2.45) is 0 Å². The van der Waals surface area contributed by atoms with Gasteiger partial charge in [-0.1, -0.05) is 11.6 Å². The van der Waals surface area contributed by atoms with E-state index in [-0.39, 0.29) is 5.97 Å². The number of esters is 1. The average molecular weight is 282 g/mol. The van der Waals surface area contributed by atoms with E-state index in [1.54, 1.807) is 6.92 Å². The van der Waals surface area contributed by atoms with E-state index >= 15 is 0 Å². The monoisotopic (exact) mass is 282 g/mol. The van der Waals surface area contributed by atoms with Gasteiger partial charge in [-0.3, -0.25) is 4.79 Å². The second-order valence-corrected chi connectivity index (χ2v) is 5.52. The first-order chi connectivity index (χ1) is 9.46. The van der Waals surface area contributed by atoms with Crippen molar-refractivity contribution < 1.29 is 18.8 Å². The second kappa shape index (κ2) is 5.52. The Morgan fingerprint density at radius 3 is 2.55 bits per heavy atom. The molecule has 1 aliphatic rings. The van der Waals surface area contributed by atoms with E-state index in [1.165, 1.54) is 0 Å². The van der Waals surface area contributed by atoms with Gasteiger partial charge >= 0.3 is 5.97 Å². The Balaban J connectivity index is 2.25. The smallest absolute Gasteiger partial charge is 0.321 e. The molecular weight excluding hydrogens is 260 g/mol. The Kier molecular flexibility index (Phi) is 4.13. The number of hydrogen-bond acceptors (Lipinski definition) is 6. The average Bonchev–Trinajstić information content (AvgIpc) is 2.78. The van der Waals surface area contributed by atoms with E-state index < -0.39 is 11.0 Å². The Hall–Kier alpha value is -1.43. The minimum atomic E-state index is -0.746. The highest BCUT2D eigenvalue weighted by molar-refractivity contribution is 5.83. The Bertz CT molecular complexity index is 477. The highest BCUT2D eigenvalue weighted by atomic mass is 16.5. The van der Waals surface area contributed by atoms with Crippen molar-refractivity contribution in [3.05, 3.63) is 11.7 Å². The van der Waals surface area contributed by atoms with Gasteiger partial charge in [0.15, 0.2) is 0 Å². The van der Waals surface area contributed by atoms with Crippen molar-refractivity contribution in [1.29, 1.82) is 0 Å². The molecule has 0 atom stereocenters. The summed E-state index contributed by atoms with van der Waals surface area (Å²) in [5.74, 6) is 0.547. The van der Waals surface area contributed by atoms with Crippen molar-refractivity contribution in [3.8, 4) is 0 Å². The van der Waals surface area contributed by atoms with Crippen LogP contribution in [0.5, 0.6) is 0 Å². The maximum atomic E-state index is 12.2. The Morgan fingerprint density at radius 1 is 1.35 bits per heavy atom. The summed E-state index contributed by atoms with van der Waals surface area (Å²) in [6.45, 7) is 8.37. The minimum Gasteiger partial charge on any atom is -0.465 e. The van der Waals surface area contributed by atoms with Gasteiger partial charge in [-0.2, -0.15) is 4.98 Å². The molecule has 0 aromatic carbocycles. The zero-order chi connectivity index (χ0) is 14.8. The van der Waals surface area contributed by atoms with Gasteiger partial charge < -0.3 is 14.0 Å². The number of rotatable bonds is 6. The third-order valence-corrected chi connectivity index (χ3v) is 3.75.